The minimum atomic E-state index is -0.231. The second-order valence-corrected chi connectivity index (χ2v) is 6.44. The maximum absolute atomic E-state index is 12.4. The van der Waals surface area contributed by atoms with Crippen LogP contribution in [0.15, 0.2) is 41.2 Å². The van der Waals surface area contributed by atoms with Crippen LogP contribution in [0.5, 0.6) is 0 Å². The number of fused-ring (bicyclic) bond motifs is 1. The van der Waals surface area contributed by atoms with Crippen molar-refractivity contribution in [1.29, 1.82) is 0 Å². The van der Waals surface area contributed by atoms with E-state index in [4.69, 9.17) is 16.0 Å². The Bertz CT molecular complexity index is 909. The lowest BCUT2D eigenvalue weighted by Crippen LogP contribution is -2.36. The van der Waals surface area contributed by atoms with E-state index < -0.39 is 0 Å². The van der Waals surface area contributed by atoms with Crippen molar-refractivity contribution in [3.63, 3.8) is 0 Å². The molecule has 26 heavy (non-hydrogen) atoms. The number of nitrogens with one attached hydrogen (secondary N) is 1. The molecule has 1 amide bonds. The number of carbonyl (C=O) groups excluding carboxylic acids is 1. The monoisotopic (exact) mass is 372 g/mol. The lowest BCUT2D eigenvalue weighted by molar-refractivity contribution is 0.0929. The van der Waals surface area contributed by atoms with Crippen LogP contribution in [0.1, 0.15) is 29.5 Å². The van der Waals surface area contributed by atoms with Gasteiger partial charge in [-0.1, -0.05) is 30.7 Å². The average molecular weight is 373 g/mol. The second kappa shape index (κ2) is 8.19. The number of carbonyl (C=O) groups is 1. The molecule has 2 heterocycles. The molecule has 0 aliphatic heterocycles. The van der Waals surface area contributed by atoms with Crippen molar-refractivity contribution in [2.75, 3.05) is 24.5 Å². The van der Waals surface area contributed by atoms with Gasteiger partial charge in [-0.05, 0) is 31.0 Å². The van der Waals surface area contributed by atoms with Gasteiger partial charge >= 0.3 is 0 Å². The van der Waals surface area contributed by atoms with Gasteiger partial charge in [-0.15, -0.1) is 0 Å². The summed E-state index contributed by atoms with van der Waals surface area (Å²) in [6.45, 7) is 5.91. The molecule has 0 fully saturated rings. The lowest BCUT2D eigenvalue weighted by Gasteiger charge is -2.23. The maximum Gasteiger partial charge on any atom is 0.287 e. The van der Waals surface area contributed by atoms with Gasteiger partial charge in [0.15, 0.2) is 11.6 Å². The minimum absolute atomic E-state index is 0.231. The van der Waals surface area contributed by atoms with Crippen LogP contribution < -0.4 is 10.2 Å². The molecule has 3 aromatic rings. The molecule has 136 valence electrons. The van der Waals surface area contributed by atoms with Crippen LogP contribution in [0, 0.1) is 6.92 Å². The van der Waals surface area contributed by atoms with Crippen LogP contribution in [0.4, 0.5) is 5.82 Å². The Morgan fingerprint density at radius 3 is 2.92 bits per heavy atom. The SMILES string of the molecule is CCCN(CCNC(=O)c1cc2c(C)cccc2o1)c1ncncc1Cl. The summed E-state index contributed by atoms with van der Waals surface area (Å²) in [6.07, 6.45) is 3.98. The summed E-state index contributed by atoms with van der Waals surface area (Å²) in [7, 11) is 0. The van der Waals surface area contributed by atoms with Crippen LogP contribution in [0.3, 0.4) is 0 Å². The van der Waals surface area contributed by atoms with Gasteiger partial charge in [0.2, 0.25) is 0 Å². The molecule has 2 aromatic heterocycles. The van der Waals surface area contributed by atoms with Gasteiger partial charge in [-0.2, -0.15) is 0 Å². The highest BCUT2D eigenvalue weighted by atomic mass is 35.5. The Labute approximate surface area is 157 Å². The van der Waals surface area contributed by atoms with Gasteiger partial charge in [0, 0.05) is 25.0 Å². The third-order valence-electron chi connectivity index (χ3n) is 4.11. The Hall–Kier alpha value is -2.60. The van der Waals surface area contributed by atoms with E-state index in [0.29, 0.717) is 29.7 Å². The first-order valence-electron chi connectivity index (χ1n) is 8.58. The molecule has 0 saturated carbocycles. The molecule has 0 aliphatic rings. The van der Waals surface area contributed by atoms with Crippen molar-refractivity contribution in [1.82, 2.24) is 15.3 Å². The number of aryl methyl sites for hydroxylation is 1. The van der Waals surface area contributed by atoms with E-state index >= 15 is 0 Å². The smallest absolute Gasteiger partial charge is 0.287 e. The summed E-state index contributed by atoms with van der Waals surface area (Å²) in [4.78, 5) is 22.6. The Balaban J connectivity index is 1.64. The largest absolute Gasteiger partial charge is 0.451 e. The Morgan fingerprint density at radius 1 is 1.35 bits per heavy atom. The molecule has 0 spiro atoms. The van der Waals surface area contributed by atoms with E-state index in [2.05, 4.69) is 22.2 Å². The Morgan fingerprint density at radius 2 is 2.19 bits per heavy atom. The summed E-state index contributed by atoms with van der Waals surface area (Å²) in [5.41, 5.74) is 1.80. The predicted molar refractivity (Wildman–Crippen MR) is 103 cm³/mol. The number of furan rings is 1. The van der Waals surface area contributed by atoms with Gasteiger partial charge < -0.3 is 14.6 Å². The van der Waals surface area contributed by atoms with Gasteiger partial charge in [0.1, 0.15) is 16.9 Å². The molecule has 0 unspecified atom stereocenters. The Kier molecular flexibility index (Phi) is 5.73. The number of hydrogen-bond acceptors (Lipinski definition) is 5. The van der Waals surface area contributed by atoms with Crippen LogP contribution >= 0.6 is 11.6 Å². The molecule has 0 atom stereocenters. The highest BCUT2D eigenvalue weighted by Crippen LogP contribution is 2.23. The highest BCUT2D eigenvalue weighted by Gasteiger charge is 2.15. The van der Waals surface area contributed by atoms with Crippen LogP contribution in [-0.2, 0) is 0 Å². The standard InChI is InChI=1S/C19H21ClN4O2/c1-3-8-24(18-15(20)11-21-12-23-18)9-7-22-19(25)17-10-14-13(2)5-4-6-16(14)26-17/h4-6,10-12H,3,7-9H2,1-2H3,(H,22,25). The van der Waals surface area contributed by atoms with E-state index in [0.717, 1.165) is 29.5 Å². The molecular weight excluding hydrogens is 352 g/mol. The number of benzene rings is 1. The maximum atomic E-state index is 12.4. The van der Waals surface area contributed by atoms with E-state index in [1.165, 1.54) is 6.33 Å². The zero-order valence-electron chi connectivity index (χ0n) is 14.8. The molecule has 1 aromatic carbocycles. The summed E-state index contributed by atoms with van der Waals surface area (Å²) in [5.74, 6) is 0.763. The second-order valence-electron chi connectivity index (χ2n) is 6.03. The van der Waals surface area contributed by atoms with Crippen molar-refractivity contribution in [3.8, 4) is 0 Å². The number of amides is 1. The summed E-state index contributed by atoms with van der Waals surface area (Å²) < 4.78 is 5.65. The third kappa shape index (κ3) is 3.96. The topological polar surface area (TPSA) is 71.3 Å². The molecule has 0 radical (unpaired) electrons. The van der Waals surface area contributed by atoms with Crippen molar-refractivity contribution >= 4 is 34.3 Å². The number of aromatic nitrogens is 2. The first kappa shape index (κ1) is 18.2. The van der Waals surface area contributed by atoms with Crippen LogP contribution in [0.2, 0.25) is 5.02 Å². The van der Waals surface area contributed by atoms with E-state index in [9.17, 15) is 4.79 Å². The number of rotatable bonds is 7. The molecule has 1 N–H and O–H groups in total. The normalized spacial score (nSPS) is 10.9. The summed E-state index contributed by atoms with van der Waals surface area (Å²) in [6, 6.07) is 7.55. The zero-order valence-corrected chi connectivity index (χ0v) is 15.6. The molecule has 7 heteroatoms. The van der Waals surface area contributed by atoms with Gasteiger partial charge in [-0.3, -0.25) is 4.79 Å². The molecular formula is C19H21ClN4O2. The molecule has 0 aliphatic carbocycles. The van der Waals surface area contributed by atoms with Gasteiger partial charge in [0.25, 0.3) is 5.91 Å². The molecule has 3 rings (SSSR count). The first-order valence-corrected chi connectivity index (χ1v) is 8.95. The number of halogens is 1. The fourth-order valence-electron chi connectivity index (χ4n) is 2.84. The first-order chi connectivity index (χ1) is 12.6. The third-order valence-corrected chi connectivity index (χ3v) is 4.38. The quantitative estimate of drug-likeness (QED) is 0.682. The highest BCUT2D eigenvalue weighted by molar-refractivity contribution is 6.32. The van der Waals surface area contributed by atoms with Crippen molar-refractivity contribution < 1.29 is 9.21 Å². The fraction of sp³-hybridized carbons (Fsp3) is 0.316. The lowest BCUT2D eigenvalue weighted by atomic mass is 10.1. The van der Waals surface area contributed by atoms with Crippen molar-refractivity contribution in [3.05, 3.63) is 53.1 Å². The number of hydrogen-bond donors (Lipinski definition) is 1. The molecule has 0 saturated heterocycles. The van der Waals surface area contributed by atoms with E-state index in [-0.39, 0.29) is 5.91 Å². The van der Waals surface area contributed by atoms with Crippen molar-refractivity contribution in [2.24, 2.45) is 0 Å². The van der Waals surface area contributed by atoms with Gasteiger partial charge in [-0.25, -0.2) is 9.97 Å². The molecule has 6 nitrogen and oxygen atoms in total. The van der Waals surface area contributed by atoms with Crippen molar-refractivity contribution in [2.45, 2.75) is 20.3 Å². The number of nitrogens with zero attached hydrogens (tertiary/aromatic N) is 3. The van der Waals surface area contributed by atoms with Crippen LogP contribution in [0.25, 0.3) is 11.0 Å². The minimum Gasteiger partial charge on any atom is -0.451 e. The molecule has 0 bridgehead atoms. The summed E-state index contributed by atoms with van der Waals surface area (Å²) in [5, 5.41) is 4.35. The van der Waals surface area contributed by atoms with E-state index in [1.807, 2.05) is 30.0 Å². The average Bonchev–Trinajstić information content (AvgIpc) is 3.07. The fourth-order valence-corrected chi connectivity index (χ4v) is 3.07. The summed E-state index contributed by atoms with van der Waals surface area (Å²) >= 11 is 6.18. The van der Waals surface area contributed by atoms with E-state index in [1.54, 1.807) is 12.3 Å². The number of anilines is 1. The zero-order chi connectivity index (χ0) is 18.5. The van der Waals surface area contributed by atoms with Crippen LogP contribution in [-0.4, -0.2) is 35.5 Å². The van der Waals surface area contributed by atoms with Gasteiger partial charge in [0.05, 0.1) is 6.20 Å². The predicted octanol–water partition coefficient (Wildman–Crippen LogP) is 3.83.